The molecule has 0 radical (unpaired) electrons. The Morgan fingerprint density at radius 3 is 2.42 bits per heavy atom. The summed E-state index contributed by atoms with van der Waals surface area (Å²) in [6.45, 7) is 1.81. The molecule has 0 saturated carbocycles. The number of benzene rings is 1. The molecule has 160 valence electrons. The first-order chi connectivity index (χ1) is 15.0. The molecule has 31 heavy (non-hydrogen) atoms. The van der Waals surface area contributed by atoms with Gasteiger partial charge in [-0.1, -0.05) is 36.4 Å². The Morgan fingerprint density at radius 1 is 1.06 bits per heavy atom. The predicted molar refractivity (Wildman–Crippen MR) is 116 cm³/mol. The Labute approximate surface area is 184 Å². The molecule has 0 unspecified atom stereocenters. The van der Waals surface area contributed by atoms with Gasteiger partial charge in [-0.15, -0.1) is 11.3 Å². The summed E-state index contributed by atoms with van der Waals surface area (Å²) in [6.07, 6.45) is 0.469. The molecule has 0 bridgehead atoms. The molecule has 3 atom stereocenters. The van der Waals surface area contributed by atoms with Crippen LogP contribution in [-0.2, 0) is 23.9 Å². The van der Waals surface area contributed by atoms with Gasteiger partial charge in [-0.3, -0.25) is 9.59 Å². The second kappa shape index (κ2) is 8.51. The molecule has 0 fully saturated rings. The number of carbonyl (C=O) groups is 3. The molecular formula is C24H23NO5S. The van der Waals surface area contributed by atoms with Gasteiger partial charge in [-0.05, 0) is 30.4 Å². The normalized spacial score (nSPS) is 23.2. The summed E-state index contributed by atoms with van der Waals surface area (Å²) in [5.41, 5.74) is 2.98. The summed E-state index contributed by atoms with van der Waals surface area (Å²) in [4.78, 5) is 40.3. The van der Waals surface area contributed by atoms with E-state index in [0.717, 1.165) is 16.1 Å². The number of dihydropyridines is 1. The van der Waals surface area contributed by atoms with Crippen molar-refractivity contribution in [3.05, 3.63) is 80.8 Å². The number of allylic oxidation sites excluding steroid dienone is 3. The third-order valence-electron chi connectivity index (χ3n) is 5.92. The maximum Gasteiger partial charge on any atom is 0.336 e. The van der Waals surface area contributed by atoms with Gasteiger partial charge >= 0.3 is 11.9 Å². The number of hydrogen-bond donors (Lipinski definition) is 1. The second-order valence-corrected chi connectivity index (χ2v) is 8.56. The van der Waals surface area contributed by atoms with Crippen LogP contribution < -0.4 is 5.32 Å². The van der Waals surface area contributed by atoms with Crippen molar-refractivity contribution in [1.29, 1.82) is 0 Å². The van der Waals surface area contributed by atoms with E-state index in [1.54, 1.807) is 0 Å². The van der Waals surface area contributed by atoms with Gasteiger partial charge in [0.15, 0.2) is 5.78 Å². The van der Waals surface area contributed by atoms with Gasteiger partial charge in [-0.25, -0.2) is 4.79 Å². The van der Waals surface area contributed by atoms with E-state index in [2.05, 4.69) is 5.32 Å². The van der Waals surface area contributed by atoms with Crippen LogP contribution in [0.25, 0.3) is 0 Å². The lowest BCUT2D eigenvalue weighted by Crippen LogP contribution is -2.43. The number of methoxy groups -OCH3 is 2. The Hall–Kier alpha value is -3.19. The number of carbonyl (C=O) groups excluding carboxylic acids is 3. The van der Waals surface area contributed by atoms with Crippen LogP contribution >= 0.6 is 11.3 Å². The standard InChI is InChI=1S/C24H23NO5S/c1-13-18(23(27)29-2)19(14-8-5-4-6-9-14)21-16(25-13)12-15(17-10-7-11-31-17)20(22(21)26)24(28)30-3/h4-11,15,19-20,25H,12H2,1-3H3/t15-,19-,20-/m0/s1. The summed E-state index contributed by atoms with van der Waals surface area (Å²) in [7, 11) is 2.62. The number of esters is 2. The fourth-order valence-corrected chi connectivity index (χ4v) is 5.43. The molecule has 0 amide bonds. The first-order valence-electron chi connectivity index (χ1n) is 9.97. The molecule has 2 heterocycles. The lowest BCUT2D eigenvalue weighted by atomic mass is 9.68. The van der Waals surface area contributed by atoms with Crippen LogP contribution in [0.4, 0.5) is 0 Å². The maximum atomic E-state index is 13.8. The van der Waals surface area contributed by atoms with E-state index in [9.17, 15) is 14.4 Å². The van der Waals surface area contributed by atoms with Crippen molar-refractivity contribution in [2.24, 2.45) is 5.92 Å². The number of rotatable bonds is 4. The van der Waals surface area contributed by atoms with Crippen LogP contribution in [0.15, 0.2) is 70.4 Å². The number of ketones is 1. The van der Waals surface area contributed by atoms with Crippen molar-refractivity contribution < 1.29 is 23.9 Å². The maximum absolute atomic E-state index is 13.8. The monoisotopic (exact) mass is 437 g/mol. The topological polar surface area (TPSA) is 81.7 Å². The van der Waals surface area contributed by atoms with Gasteiger partial charge in [0.05, 0.1) is 19.8 Å². The van der Waals surface area contributed by atoms with Crippen LogP contribution in [0.2, 0.25) is 0 Å². The molecule has 4 rings (SSSR count). The number of hydrogen-bond acceptors (Lipinski definition) is 7. The molecule has 6 nitrogen and oxygen atoms in total. The molecule has 2 aromatic rings. The van der Waals surface area contributed by atoms with E-state index in [4.69, 9.17) is 9.47 Å². The lowest BCUT2D eigenvalue weighted by molar-refractivity contribution is -0.149. The van der Waals surface area contributed by atoms with Gasteiger partial charge in [0.25, 0.3) is 0 Å². The zero-order valence-electron chi connectivity index (χ0n) is 17.5. The van der Waals surface area contributed by atoms with Crippen LogP contribution in [0.3, 0.4) is 0 Å². The Kier molecular flexibility index (Phi) is 5.78. The predicted octanol–water partition coefficient (Wildman–Crippen LogP) is 3.68. The molecule has 2 aliphatic rings. The molecule has 7 heteroatoms. The van der Waals surface area contributed by atoms with Crippen molar-refractivity contribution in [1.82, 2.24) is 5.32 Å². The summed E-state index contributed by atoms with van der Waals surface area (Å²) >= 11 is 1.51. The summed E-state index contributed by atoms with van der Waals surface area (Å²) < 4.78 is 10.1. The quantitative estimate of drug-likeness (QED) is 0.581. The number of thiophene rings is 1. The molecule has 0 saturated heterocycles. The number of Topliss-reactive ketones (excluding diaryl/α,β-unsaturated/α-hetero) is 1. The van der Waals surface area contributed by atoms with Gasteiger partial charge in [-0.2, -0.15) is 0 Å². The third kappa shape index (κ3) is 3.59. The minimum atomic E-state index is -0.965. The molecule has 1 aromatic carbocycles. The summed E-state index contributed by atoms with van der Waals surface area (Å²) in [5, 5.41) is 5.20. The highest BCUT2D eigenvalue weighted by molar-refractivity contribution is 7.10. The van der Waals surface area contributed by atoms with Crippen molar-refractivity contribution in [3.8, 4) is 0 Å². The second-order valence-electron chi connectivity index (χ2n) is 7.58. The highest BCUT2D eigenvalue weighted by atomic mass is 32.1. The van der Waals surface area contributed by atoms with Crippen molar-refractivity contribution in [2.75, 3.05) is 14.2 Å². The summed E-state index contributed by atoms with van der Waals surface area (Å²) in [6, 6.07) is 13.2. The fraction of sp³-hybridized carbons (Fsp3) is 0.292. The smallest absolute Gasteiger partial charge is 0.336 e. The van der Waals surface area contributed by atoms with Gasteiger partial charge in [0.2, 0.25) is 0 Å². The lowest BCUT2D eigenvalue weighted by Gasteiger charge is -2.39. The Morgan fingerprint density at radius 2 is 1.81 bits per heavy atom. The first kappa shape index (κ1) is 21.1. The van der Waals surface area contributed by atoms with Crippen LogP contribution in [0.1, 0.15) is 35.6 Å². The van der Waals surface area contributed by atoms with Crippen molar-refractivity contribution in [2.45, 2.75) is 25.2 Å². The molecule has 1 N–H and O–H groups in total. The zero-order chi connectivity index (χ0) is 22.1. The number of nitrogens with one attached hydrogen (secondary N) is 1. The van der Waals surface area contributed by atoms with E-state index >= 15 is 0 Å². The van der Waals surface area contributed by atoms with E-state index in [1.165, 1.54) is 25.6 Å². The average molecular weight is 438 g/mol. The highest BCUT2D eigenvalue weighted by Gasteiger charge is 2.49. The van der Waals surface area contributed by atoms with Crippen LogP contribution in [0.5, 0.6) is 0 Å². The highest BCUT2D eigenvalue weighted by Crippen LogP contribution is 2.48. The summed E-state index contributed by atoms with van der Waals surface area (Å²) in [5.74, 6) is -3.29. The first-order valence-corrected chi connectivity index (χ1v) is 10.8. The van der Waals surface area contributed by atoms with Crippen LogP contribution in [0, 0.1) is 5.92 Å². The zero-order valence-corrected chi connectivity index (χ0v) is 18.3. The number of ether oxygens (including phenoxy) is 2. The fourth-order valence-electron chi connectivity index (χ4n) is 4.56. The third-order valence-corrected chi connectivity index (χ3v) is 6.93. The largest absolute Gasteiger partial charge is 0.468 e. The minimum Gasteiger partial charge on any atom is -0.468 e. The van der Waals surface area contributed by atoms with E-state index in [-0.39, 0.29) is 11.7 Å². The molecule has 1 aliphatic heterocycles. The van der Waals surface area contributed by atoms with Gasteiger partial charge in [0, 0.05) is 33.7 Å². The van der Waals surface area contributed by atoms with Crippen LogP contribution in [-0.4, -0.2) is 31.9 Å². The molecular weight excluding hydrogens is 414 g/mol. The average Bonchev–Trinajstić information content (AvgIpc) is 3.32. The Balaban J connectivity index is 1.90. The molecule has 1 aromatic heterocycles. The molecule has 0 spiro atoms. The SMILES string of the molecule is COC(=O)C1=C(C)NC2=C(C(=O)[C@@H](C(=O)OC)[C@H](c3cccs3)C2)[C@H]1c1ccccc1. The Bertz CT molecular complexity index is 1080. The van der Waals surface area contributed by atoms with E-state index in [1.807, 2.05) is 54.8 Å². The van der Waals surface area contributed by atoms with Crippen molar-refractivity contribution >= 4 is 29.1 Å². The molecule has 1 aliphatic carbocycles. The van der Waals surface area contributed by atoms with Crippen molar-refractivity contribution in [3.63, 3.8) is 0 Å². The van der Waals surface area contributed by atoms with Gasteiger partial charge < -0.3 is 14.8 Å². The van der Waals surface area contributed by atoms with E-state index < -0.39 is 23.8 Å². The minimum absolute atomic E-state index is 0.318. The van der Waals surface area contributed by atoms with Gasteiger partial charge in [0.1, 0.15) is 5.92 Å². The van der Waals surface area contributed by atoms with E-state index in [0.29, 0.717) is 23.3 Å².